The maximum absolute atomic E-state index is 11.6. The zero-order valence-corrected chi connectivity index (χ0v) is 10.5. The van der Waals surface area contributed by atoms with Crippen LogP contribution in [0.4, 0.5) is 10.5 Å². The van der Waals surface area contributed by atoms with Crippen LogP contribution < -0.4 is 15.4 Å². The van der Waals surface area contributed by atoms with Gasteiger partial charge in [0.25, 0.3) is 0 Å². The van der Waals surface area contributed by atoms with E-state index in [-0.39, 0.29) is 5.54 Å². The minimum Gasteiger partial charge on any atom is -0.493 e. The number of anilines is 1. The molecule has 0 unspecified atom stereocenters. The van der Waals surface area contributed by atoms with Crippen LogP contribution >= 0.6 is 0 Å². The fourth-order valence-electron chi connectivity index (χ4n) is 2.16. The SMILES string of the molecule is CC(C)(C)N(C(N)=O)c1ccc2c(c1)CCO2. The van der Waals surface area contributed by atoms with E-state index in [1.807, 2.05) is 39.0 Å². The number of nitrogens with two attached hydrogens (primary N) is 1. The molecular weight excluding hydrogens is 216 g/mol. The highest BCUT2D eigenvalue weighted by Crippen LogP contribution is 2.32. The molecule has 4 nitrogen and oxygen atoms in total. The predicted molar refractivity (Wildman–Crippen MR) is 67.5 cm³/mol. The summed E-state index contributed by atoms with van der Waals surface area (Å²) in [5, 5.41) is 0. The van der Waals surface area contributed by atoms with Crippen molar-refractivity contribution in [2.24, 2.45) is 5.73 Å². The Kier molecular flexibility index (Phi) is 2.73. The van der Waals surface area contributed by atoms with E-state index in [9.17, 15) is 4.79 Å². The largest absolute Gasteiger partial charge is 0.493 e. The van der Waals surface area contributed by atoms with Gasteiger partial charge in [-0.25, -0.2) is 4.79 Å². The Morgan fingerprint density at radius 1 is 1.41 bits per heavy atom. The van der Waals surface area contributed by atoms with Gasteiger partial charge in [0, 0.05) is 17.6 Å². The lowest BCUT2D eigenvalue weighted by molar-refractivity contribution is 0.249. The number of carbonyl (C=O) groups is 1. The second kappa shape index (κ2) is 3.95. The number of rotatable bonds is 1. The van der Waals surface area contributed by atoms with Crippen LogP contribution in [0.25, 0.3) is 0 Å². The van der Waals surface area contributed by atoms with Crippen LogP contribution in [0.15, 0.2) is 18.2 Å². The normalized spacial score (nSPS) is 14.1. The number of urea groups is 1. The Bertz CT molecular complexity index is 449. The van der Waals surface area contributed by atoms with Crippen molar-refractivity contribution in [3.05, 3.63) is 23.8 Å². The van der Waals surface area contributed by atoms with E-state index in [0.29, 0.717) is 6.61 Å². The molecule has 1 aromatic rings. The summed E-state index contributed by atoms with van der Waals surface area (Å²) in [6.07, 6.45) is 0.889. The van der Waals surface area contributed by atoms with Crippen molar-refractivity contribution in [2.45, 2.75) is 32.7 Å². The molecule has 17 heavy (non-hydrogen) atoms. The quantitative estimate of drug-likeness (QED) is 0.810. The molecule has 0 fully saturated rings. The molecule has 0 radical (unpaired) electrons. The Morgan fingerprint density at radius 3 is 2.71 bits per heavy atom. The third-order valence-corrected chi connectivity index (χ3v) is 2.82. The van der Waals surface area contributed by atoms with Crippen molar-refractivity contribution in [2.75, 3.05) is 11.5 Å². The molecule has 92 valence electrons. The molecule has 0 spiro atoms. The highest BCUT2D eigenvalue weighted by Gasteiger charge is 2.27. The number of amides is 2. The maximum Gasteiger partial charge on any atom is 0.319 e. The lowest BCUT2D eigenvalue weighted by Gasteiger charge is -2.34. The summed E-state index contributed by atoms with van der Waals surface area (Å²) in [7, 11) is 0. The van der Waals surface area contributed by atoms with Crippen LogP contribution in [-0.4, -0.2) is 18.2 Å². The van der Waals surface area contributed by atoms with Crippen molar-refractivity contribution in [3.63, 3.8) is 0 Å². The van der Waals surface area contributed by atoms with Crippen LogP contribution in [-0.2, 0) is 6.42 Å². The van der Waals surface area contributed by atoms with Gasteiger partial charge in [-0.05, 0) is 44.5 Å². The van der Waals surface area contributed by atoms with Gasteiger partial charge in [-0.3, -0.25) is 4.90 Å². The van der Waals surface area contributed by atoms with Crippen LogP contribution in [0.5, 0.6) is 5.75 Å². The van der Waals surface area contributed by atoms with Crippen LogP contribution in [0.3, 0.4) is 0 Å². The zero-order valence-electron chi connectivity index (χ0n) is 10.5. The van der Waals surface area contributed by atoms with Crippen molar-refractivity contribution in [1.29, 1.82) is 0 Å². The number of carbonyl (C=O) groups excluding carboxylic acids is 1. The van der Waals surface area contributed by atoms with Crippen molar-refractivity contribution in [3.8, 4) is 5.75 Å². The minimum atomic E-state index is -0.434. The highest BCUT2D eigenvalue weighted by molar-refractivity contribution is 5.92. The molecule has 2 amide bonds. The molecule has 1 aromatic carbocycles. The monoisotopic (exact) mass is 234 g/mol. The maximum atomic E-state index is 11.6. The van der Waals surface area contributed by atoms with Gasteiger partial charge in [0.05, 0.1) is 6.61 Å². The molecule has 4 heteroatoms. The van der Waals surface area contributed by atoms with Crippen LogP contribution in [0, 0.1) is 0 Å². The van der Waals surface area contributed by atoms with Crippen molar-refractivity contribution < 1.29 is 9.53 Å². The molecule has 0 saturated carbocycles. The van der Waals surface area contributed by atoms with Crippen molar-refractivity contribution in [1.82, 2.24) is 0 Å². The first-order valence-electron chi connectivity index (χ1n) is 5.75. The molecule has 1 heterocycles. The number of hydrogen-bond donors (Lipinski definition) is 1. The Labute approximate surface area is 101 Å². The van der Waals surface area contributed by atoms with E-state index in [0.717, 1.165) is 23.4 Å². The Balaban J connectivity index is 2.41. The van der Waals surface area contributed by atoms with Gasteiger partial charge >= 0.3 is 6.03 Å². The zero-order chi connectivity index (χ0) is 12.6. The minimum absolute atomic E-state index is 0.334. The Morgan fingerprint density at radius 2 is 2.12 bits per heavy atom. The third kappa shape index (κ3) is 2.20. The van der Waals surface area contributed by atoms with Crippen LogP contribution in [0.2, 0.25) is 0 Å². The number of benzene rings is 1. The number of fused-ring (bicyclic) bond motifs is 1. The topological polar surface area (TPSA) is 55.6 Å². The van der Waals surface area contributed by atoms with Gasteiger partial charge in [0.2, 0.25) is 0 Å². The summed E-state index contributed by atoms with van der Waals surface area (Å²) in [6.45, 7) is 6.59. The van der Waals surface area contributed by atoms with Gasteiger partial charge < -0.3 is 10.5 Å². The number of nitrogens with zero attached hydrogens (tertiary/aromatic N) is 1. The molecule has 0 atom stereocenters. The van der Waals surface area contributed by atoms with Crippen molar-refractivity contribution >= 4 is 11.7 Å². The van der Waals surface area contributed by atoms with Gasteiger partial charge in [0.1, 0.15) is 5.75 Å². The lowest BCUT2D eigenvalue weighted by Crippen LogP contribution is -2.48. The van der Waals surface area contributed by atoms with E-state index >= 15 is 0 Å². The van der Waals surface area contributed by atoms with E-state index in [1.165, 1.54) is 0 Å². The molecular formula is C13H18N2O2. The van der Waals surface area contributed by atoms with Gasteiger partial charge in [-0.1, -0.05) is 0 Å². The molecule has 0 aromatic heterocycles. The summed E-state index contributed by atoms with van der Waals surface area (Å²) < 4.78 is 5.44. The van der Waals surface area contributed by atoms with E-state index in [4.69, 9.17) is 10.5 Å². The fraction of sp³-hybridized carbons (Fsp3) is 0.462. The second-order valence-electron chi connectivity index (χ2n) is 5.23. The standard InChI is InChI=1S/C13H18N2O2/c1-13(2,3)15(12(14)16)10-4-5-11-9(8-10)6-7-17-11/h4-5,8H,6-7H2,1-3H3,(H2,14,16). The summed E-state index contributed by atoms with van der Waals surface area (Å²) in [6, 6.07) is 5.33. The average molecular weight is 234 g/mol. The molecule has 1 aliphatic heterocycles. The van der Waals surface area contributed by atoms with Gasteiger partial charge in [0.15, 0.2) is 0 Å². The molecule has 0 saturated heterocycles. The first kappa shape index (κ1) is 11.8. The molecule has 0 bridgehead atoms. The summed E-state index contributed by atoms with van der Waals surface area (Å²) in [4.78, 5) is 13.2. The fourth-order valence-corrected chi connectivity index (χ4v) is 2.16. The molecule has 0 aliphatic carbocycles. The molecule has 1 aliphatic rings. The number of primary amides is 1. The van der Waals surface area contributed by atoms with Crippen LogP contribution in [0.1, 0.15) is 26.3 Å². The smallest absolute Gasteiger partial charge is 0.319 e. The predicted octanol–water partition coefficient (Wildman–Crippen LogP) is 2.31. The van der Waals surface area contributed by atoms with Gasteiger partial charge in [-0.2, -0.15) is 0 Å². The second-order valence-corrected chi connectivity index (χ2v) is 5.23. The molecule has 2 rings (SSSR count). The summed E-state index contributed by atoms with van der Waals surface area (Å²) in [5.41, 5.74) is 7.09. The van der Waals surface area contributed by atoms with E-state index < -0.39 is 6.03 Å². The number of ether oxygens (including phenoxy) is 1. The average Bonchev–Trinajstić information content (AvgIpc) is 2.61. The summed E-state index contributed by atoms with van der Waals surface area (Å²) in [5.74, 6) is 0.909. The summed E-state index contributed by atoms with van der Waals surface area (Å²) >= 11 is 0. The molecule has 2 N–H and O–H groups in total. The Hall–Kier alpha value is -1.71. The highest BCUT2D eigenvalue weighted by atomic mass is 16.5. The lowest BCUT2D eigenvalue weighted by atomic mass is 10.0. The van der Waals surface area contributed by atoms with E-state index in [1.54, 1.807) is 4.90 Å². The third-order valence-electron chi connectivity index (χ3n) is 2.82. The first-order valence-corrected chi connectivity index (χ1v) is 5.75. The first-order chi connectivity index (χ1) is 7.89. The number of hydrogen-bond acceptors (Lipinski definition) is 2. The van der Waals surface area contributed by atoms with Gasteiger partial charge in [-0.15, -0.1) is 0 Å². The van der Waals surface area contributed by atoms with E-state index in [2.05, 4.69) is 0 Å².